The van der Waals surface area contributed by atoms with Crippen LogP contribution in [0.25, 0.3) is 22.6 Å². The van der Waals surface area contributed by atoms with Gasteiger partial charge in [-0.25, -0.2) is 4.98 Å². The van der Waals surface area contributed by atoms with E-state index in [1.54, 1.807) is 6.07 Å². The van der Waals surface area contributed by atoms with Crippen molar-refractivity contribution >= 4 is 0 Å². The number of hydrogen-bond acceptors (Lipinski definition) is 5. The maximum Gasteiger partial charge on any atom is 0.573 e. The normalized spacial score (nSPS) is 14.1. The van der Waals surface area contributed by atoms with E-state index in [0.717, 1.165) is 28.3 Å². The van der Waals surface area contributed by atoms with Gasteiger partial charge in [0.15, 0.2) is 11.5 Å². The van der Waals surface area contributed by atoms with Crippen LogP contribution < -0.4 is 9.47 Å². The molecule has 3 aromatic rings. The summed E-state index contributed by atoms with van der Waals surface area (Å²) in [4.78, 5) is 9.33. The number of imidazole rings is 1. The van der Waals surface area contributed by atoms with Gasteiger partial charge in [-0.1, -0.05) is 0 Å². The maximum atomic E-state index is 12.7. The second kappa shape index (κ2) is 8.22. The molecule has 1 aromatic carbocycles. The topological polar surface area (TPSA) is 58.4 Å². The fourth-order valence-electron chi connectivity index (χ4n) is 3.85. The summed E-state index contributed by atoms with van der Waals surface area (Å²) in [5, 5.41) is 0. The van der Waals surface area contributed by atoms with Crippen molar-refractivity contribution in [3.63, 3.8) is 0 Å². The Morgan fingerprint density at radius 2 is 1.71 bits per heavy atom. The minimum absolute atomic E-state index is 0.0193. The van der Waals surface area contributed by atoms with Gasteiger partial charge in [-0.3, -0.25) is 4.98 Å². The van der Waals surface area contributed by atoms with Crippen molar-refractivity contribution < 1.29 is 27.4 Å². The second-order valence-electron chi connectivity index (χ2n) is 7.30. The molecule has 0 saturated heterocycles. The van der Waals surface area contributed by atoms with Crippen LogP contribution in [0.2, 0.25) is 0 Å². The first kappa shape index (κ1) is 21.2. The molecule has 0 spiro atoms. The first-order valence-electron chi connectivity index (χ1n) is 9.82. The van der Waals surface area contributed by atoms with Crippen LogP contribution in [0, 0.1) is 13.8 Å². The summed E-state index contributed by atoms with van der Waals surface area (Å²) in [7, 11) is 1.30. The average Bonchev–Trinajstić information content (AvgIpc) is 2.88. The number of alkyl halides is 3. The summed E-state index contributed by atoms with van der Waals surface area (Å²) >= 11 is 0. The largest absolute Gasteiger partial charge is 0.573 e. The van der Waals surface area contributed by atoms with E-state index in [2.05, 4.69) is 14.3 Å². The Bertz CT molecular complexity index is 1090. The molecule has 0 aliphatic carbocycles. The Hall–Kier alpha value is -3.07. The van der Waals surface area contributed by atoms with Crippen LogP contribution in [-0.2, 0) is 17.7 Å². The zero-order valence-corrected chi connectivity index (χ0v) is 17.4. The highest BCUT2D eigenvalue weighted by molar-refractivity contribution is 5.70. The monoisotopic (exact) mass is 433 g/mol. The van der Waals surface area contributed by atoms with Gasteiger partial charge in [0, 0.05) is 41.2 Å². The van der Waals surface area contributed by atoms with Crippen molar-refractivity contribution in [1.82, 2.24) is 14.5 Å². The first-order chi connectivity index (χ1) is 14.7. The lowest BCUT2D eigenvalue weighted by molar-refractivity contribution is -0.275. The molecule has 0 unspecified atom stereocenters. The van der Waals surface area contributed by atoms with Crippen molar-refractivity contribution in [2.24, 2.45) is 0 Å². The lowest BCUT2D eigenvalue weighted by atomic mass is 10.1. The Morgan fingerprint density at radius 3 is 2.39 bits per heavy atom. The van der Waals surface area contributed by atoms with Crippen LogP contribution in [0.1, 0.15) is 17.1 Å². The third kappa shape index (κ3) is 4.51. The highest BCUT2D eigenvalue weighted by Crippen LogP contribution is 2.37. The number of halogens is 3. The van der Waals surface area contributed by atoms with Crippen LogP contribution >= 0.6 is 0 Å². The highest BCUT2D eigenvalue weighted by Gasteiger charge is 2.33. The zero-order valence-electron chi connectivity index (χ0n) is 17.4. The van der Waals surface area contributed by atoms with Crippen LogP contribution in [-0.4, -0.2) is 41.2 Å². The molecule has 0 bridgehead atoms. The van der Waals surface area contributed by atoms with Gasteiger partial charge in [-0.15, -0.1) is 13.2 Å². The Kier molecular flexibility index (Phi) is 5.62. The molecule has 0 atom stereocenters. The number of ether oxygens (including phenoxy) is 3. The van der Waals surface area contributed by atoms with E-state index < -0.39 is 12.1 Å². The minimum Gasteiger partial charge on any atom is -0.493 e. The molecule has 4 rings (SSSR count). The molecule has 1 aliphatic rings. The van der Waals surface area contributed by atoms with Crippen LogP contribution in [0.4, 0.5) is 13.2 Å². The van der Waals surface area contributed by atoms with E-state index >= 15 is 0 Å². The minimum atomic E-state index is -4.80. The molecule has 31 heavy (non-hydrogen) atoms. The number of aromatic nitrogens is 3. The summed E-state index contributed by atoms with van der Waals surface area (Å²) in [6, 6.07) is 8.27. The quantitative estimate of drug-likeness (QED) is 0.597. The summed E-state index contributed by atoms with van der Waals surface area (Å²) in [5.41, 5.74) is 5.20. The third-order valence-corrected chi connectivity index (χ3v) is 5.02. The van der Waals surface area contributed by atoms with E-state index in [-0.39, 0.29) is 5.75 Å². The number of methoxy groups -OCH3 is 1. The molecule has 0 amide bonds. The van der Waals surface area contributed by atoms with Crippen molar-refractivity contribution in [3.8, 4) is 34.1 Å². The molecular formula is C22H22F3N3O3. The molecule has 3 heterocycles. The number of pyridine rings is 1. The number of benzene rings is 1. The van der Waals surface area contributed by atoms with Gasteiger partial charge in [0.1, 0.15) is 5.82 Å². The van der Waals surface area contributed by atoms with Gasteiger partial charge < -0.3 is 18.8 Å². The molecule has 0 fully saturated rings. The molecule has 0 N–H and O–H groups in total. The van der Waals surface area contributed by atoms with Crippen molar-refractivity contribution in [2.75, 3.05) is 20.3 Å². The number of nitrogens with zero attached hydrogens (tertiary/aromatic N) is 3. The van der Waals surface area contributed by atoms with Gasteiger partial charge in [-0.05, 0) is 44.2 Å². The predicted octanol–water partition coefficient (Wildman–Crippen LogP) is 4.71. The summed E-state index contributed by atoms with van der Waals surface area (Å²) in [5.74, 6) is 0.221. The molecule has 0 saturated carbocycles. The Morgan fingerprint density at radius 1 is 0.968 bits per heavy atom. The summed E-state index contributed by atoms with van der Waals surface area (Å²) < 4.78 is 55.0. The Labute approximate surface area is 177 Å². The number of rotatable bonds is 4. The number of fused-ring (bicyclic) bond motifs is 1. The van der Waals surface area contributed by atoms with E-state index in [9.17, 15) is 13.2 Å². The number of aryl methyl sites for hydroxylation is 2. The fraction of sp³-hybridized carbons (Fsp3) is 0.364. The molecular weight excluding hydrogens is 411 g/mol. The Balaban J connectivity index is 1.84. The zero-order chi connectivity index (χ0) is 22.2. The van der Waals surface area contributed by atoms with E-state index in [1.807, 2.05) is 26.0 Å². The highest BCUT2D eigenvalue weighted by atomic mass is 19.4. The fourth-order valence-corrected chi connectivity index (χ4v) is 3.85. The SMILES string of the molecule is COc1cc(-c2nc(-c3cc(C)nc(C)c3)c3n2CCOCC3)ccc1OC(F)(F)F. The smallest absolute Gasteiger partial charge is 0.493 e. The summed E-state index contributed by atoms with van der Waals surface area (Å²) in [6.45, 7) is 5.54. The van der Waals surface area contributed by atoms with E-state index in [4.69, 9.17) is 14.5 Å². The maximum absolute atomic E-state index is 12.7. The molecule has 164 valence electrons. The van der Waals surface area contributed by atoms with Gasteiger partial charge >= 0.3 is 6.36 Å². The van der Waals surface area contributed by atoms with Crippen LogP contribution in [0.3, 0.4) is 0 Å². The van der Waals surface area contributed by atoms with Crippen molar-refractivity contribution in [2.45, 2.75) is 33.2 Å². The second-order valence-corrected chi connectivity index (χ2v) is 7.30. The van der Waals surface area contributed by atoms with Gasteiger partial charge in [-0.2, -0.15) is 0 Å². The van der Waals surface area contributed by atoms with Crippen LogP contribution in [0.15, 0.2) is 30.3 Å². The first-order valence-corrected chi connectivity index (χ1v) is 9.82. The van der Waals surface area contributed by atoms with Crippen LogP contribution in [0.5, 0.6) is 11.5 Å². The number of hydrogen-bond donors (Lipinski definition) is 0. The van der Waals surface area contributed by atoms with Gasteiger partial charge in [0.25, 0.3) is 0 Å². The summed E-state index contributed by atoms with van der Waals surface area (Å²) in [6.07, 6.45) is -4.13. The average molecular weight is 433 g/mol. The molecule has 0 radical (unpaired) electrons. The molecule has 6 nitrogen and oxygen atoms in total. The van der Waals surface area contributed by atoms with Crippen molar-refractivity contribution in [3.05, 3.63) is 47.4 Å². The molecule has 2 aromatic heterocycles. The predicted molar refractivity (Wildman–Crippen MR) is 108 cm³/mol. The van der Waals surface area contributed by atoms with Crippen molar-refractivity contribution in [1.29, 1.82) is 0 Å². The lowest BCUT2D eigenvalue weighted by Crippen LogP contribution is -2.17. The lowest BCUT2D eigenvalue weighted by Gasteiger charge is -2.14. The third-order valence-electron chi connectivity index (χ3n) is 5.02. The standard InChI is InChI=1S/C22H22F3N3O3/c1-13-10-16(11-14(2)26-13)20-17-6-8-30-9-7-28(17)21(27-20)15-4-5-18(19(12-15)29-3)31-22(23,24)25/h4-5,10-12H,6-9H2,1-3H3. The van der Waals surface area contributed by atoms with E-state index in [0.29, 0.717) is 37.6 Å². The van der Waals surface area contributed by atoms with Gasteiger partial charge in [0.05, 0.1) is 26.0 Å². The molecule has 1 aliphatic heterocycles. The molecule has 9 heteroatoms. The van der Waals surface area contributed by atoms with Gasteiger partial charge in [0.2, 0.25) is 0 Å². The van der Waals surface area contributed by atoms with E-state index in [1.165, 1.54) is 19.2 Å².